The zero-order chi connectivity index (χ0) is 20.1. The van der Waals surface area contributed by atoms with Crippen molar-refractivity contribution in [3.8, 4) is 0 Å². The topological polar surface area (TPSA) is 59.8 Å². The van der Waals surface area contributed by atoms with Gasteiger partial charge in [-0.05, 0) is 51.0 Å². The number of carbonyl (C=O) groups excluding carboxylic acids is 1. The Morgan fingerprint density at radius 2 is 1.93 bits per heavy atom. The average Bonchev–Trinajstić information content (AvgIpc) is 2.95. The lowest BCUT2D eigenvalue weighted by Crippen LogP contribution is -2.24. The predicted octanol–water partition coefficient (Wildman–Crippen LogP) is 4.14. The molecule has 0 spiro atoms. The molecule has 0 aliphatic carbocycles. The summed E-state index contributed by atoms with van der Waals surface area (Å²) < 4.78 is 1.98. The normalized spacial score (nSPS) is 12.3. The van der Waals surface area contributed by atoms with E-state index in [2.05, 4.69) is 46.6 Å². The monoisotopic (exact) mass is 374 g/mol. The van der Waals surface area contributed by atoms with Gasteiger partial charge in [0.1, 0.15) is 0 Å². The van der Waals surface area contributed by atoms with Crippen molar-refractivity contribution < 1.29 is 4.79 Å². The van der Waals surface area contributed by atoms with E-state index in [-0.39, 0.29) is 11.9 Å². The molecule has 0 aliphatic heterocycles. The minimum Gasteiger partial charge on any atom is -0.346 e. The van der Waals surface area contributed by atoms with Crippen LogP contribution < -0.4 is 5.32 Å². The lowest BCUT2D eigenvalue weighted by atomic mass is 10.1. The van der Waals surface area contributed by atoms with Crippen molar-refractivity contribution in [3.63, 3.8) is 0 Å². The van der Waals surface area contributed by atoms with Crippen LogP contribution in [-0.4, -0.2) is 20.7 Å². The highest BCUT2D eigenvalue weighted by Crippen LogP contribution is 2.17. The van der Waals surface area contributed by atoms with E-state index < -0.39 is 0 Å². The van der Waals surface area contributed by atoms with Crippen LogP contribution in [0, 0.1) is 20.8 Å². The Labute approximate surface area is 166 Å². The zero-order valence-corrected chi connectivity index (χ0v) is 16.8. The van der Waals surface area contributed by atoms with E-state index in [9.17, 15) is 4.79 Å². The van der Waals surface area contributed by atoms with Gasteiger partial charge in [-0.2, -0.15) is 5.10 Å². The van der Waals surface area contributed by atoms with Crippen LogP contribution in [0.1, 0.15) is 46.6 Å². The van der Waals surface area contributed by atoms with Gasteiger partial charge in [0.2, 0.25) is 5.91 Å². The van der Waals surface area contributed by atoms with Gasteiger partial charge in [0.25, 0.3) is 0 Å². The molecule has 2 aromatic heterocycles. The first-order valence-electron chi connectivity index (χ1n) is 9.42. The fraction of sp³-hybridized carbons (Fsp3) is 0.261. The molecule has 1 amide bonds. The highest BCUT2D eigenvalue weighted by Gasteiger charge is 2.11. The molecular formula is C23H26N4O. The summed E-state index contributed by atoms with van der Waals surface area (Å²) >= 11 is 0. The molecule has 1 atom stereocenters. The lowest BCUT2D eigenvalue weighted by Gasteiger charge is -2.12. The van der Waals surface area contributed by atoms with E-state index in [0.29, 0.717) is 6.54 Å². The molecule has 0 saturated carbocycles. The van der Waals surface area contributed by atoms with Crippen molar-refractivity contribution in [1.82, 2.24) is 20.1 Å². The molecule has 0 radical (unpaired) electrons. The number of aromatic nitrogens is 3. The second kappa shape index (κ2) is 8.65. The molecule has 1 unspecified atom stereocenters. The summed E-state index contributed by atoms with van der Waals surface area (Å²) in [4.78, 5) is 16.4. The molecule has 0 fully saturated rings. The number of hydrogen-bond donors (Lipinski definition) is 1. The summed E-state index contributed by atoms with van der Waals surface area (Å²) in [6, 6.07) is 12.2. The summed E-state index contributed by atoms with van der Waals surface area (Å²) in [7, 11) is 0. The molecule has 1 aromatic carbocycles. The second-order valence-corrected chi connectivity index (χ2v) is 7.08. The van der Waals surface area contributed by atoms with Gasteiger partial charge in [-0.3, -0.25) is 14.5 Å². The number of amides is 1. The molecule has 3 rings (SSSR count). The largest absolute Gasteiger partial charge is 0.346 e. The average molecular weight is 374 g/mol. The fourth-order valence-corrected chi connectivity index (χ4v) is 3.11. The first-order valence-corrected chi connectivity index (χ1v) is 9.42. The van der Waals surface area contributed by atoms with E-state index >= 15 is 0 Å². The molecule has 3 aromatic rings. The number of benzene rings is 1. The number of hydrogen-bond acceptors (Lipinski definition) is 3. The molecule has 1 N–H and O–H groups in total. The molecule has 2 heterocycles. The van der Waals surface area contributed by atoms with Gasteiger partial charge in [-0.25, -0.2) is 0 Å². The van der Waals surface area contributed by atoms with Gasteiger partial charge in [0.05, 0.1) is 18.3 Å². The number of nitrogens with zero attached hydrogens (tertiary/aromatic N) is 3. The van der Waals surface area contributed by atoms with Crippen LogP contribution in [-0.2, 0) is 11.3 Å². The third-order valence-electron chi connectivity index (χ3n) is 4.83. The summed E-state index contributed by atoms with van der Waals surface area (Å²) in [5.41, 5.74) is 6.36. The standard InChI is InChI=1S/C23H26N4O/c1-16-7-9-20(10-8-16)15-27-19(4)22(18(3)26-27)11-12-23(28)25-17(2)21-6-5-13-24-14-21/h5-14,17H,15H2,1-4H3,(H,25,28)/b12-11+. The maximum Gasteiger partial charge on any atom is 0.244 e. The Morgan fingerprint density at radius 3 is 2.61 bits per heavy atom. The highest BCUT2D eigenvalue weighted by atomic mass is 16.1. The molecular weight excluding hydrogens is 348 g/mol. The molecule has 28 heavy (non-hydrogen) atoms. The van der Waals surface area contributed by atoms with Crippen LogP contribution in [0.25, 0.3) is 6.08 Å². The van der Waals surface area contributed by atoms with Gasteiger partial charge in [-0.15, -0.1) is 0 Å². The Kier molecular flexibility index (Phi) is 6.04. The van der Waals surface area contributed by atoms with Gasteiger partial charge in [0.15, 0.2) is 0 Å². The van der Waals surface area contributed by atoms with Gasteiger partial charge >= 0.3 is 0 Å². The van der Waals surface area contributed by atoms with Crippen molar-refractivity contribution in [2.24, 2.45) is 0 Å². The fourth-order valence-electron chi connectivity index (χ4n) is 3.11. The van der Waals surface area contributed by atoms with Crippen molar-refractivity contribution in [1.29, 1.82) is 0 Å². The van der Waals surface area contributed by atoms with Gasteiger partial charge < -0.3 is 5.32 Å². The van der Waals surface area contributed by atoms with E-state index in [0.717, 1.165) is 22.5 Å². The van der Waals surface area contributed by atoms with Crippen LogP contribution >= 0.6 is 0 Å². The predicted molar refractivity (Wildman–Crippen MR) is 112 cm³/mol. The number of pyridine rings is 1. The Bertz CT molecular complexity index is 972. The third kappa shape index (κ3) is 4.74. The first-order chi connectivity index (χ1) is 13.4. The maximum absolute atomic E-state index is 12.3. The Hall–Kier alpha value is -3.21. The second-order valence-electron chi connectivity index (χ2n) is 7.08. The minimum atomic E-state index is -0.138. The quantitative estimate of drug-likeness (QED) is 0.660. The van der Waals surface area contributed by atoms with Gasteiger partial charge in [0, 0.05) is 29.7 Å². The van der Waals surface area contributed by atoms with Crippen LogP contribution in [0.2, 0.25) is 0 Å². The smallest absolute Gasteiger partial charge is 0.244 e. The molecule has 5 nitrogen and oxygen atoms in total. The van der Waals surface area contributed by atoms with E-state index in [1.165, 1.54) is 11.1 Å². The SMILES string of the molecule is Cc1ccc(Cn2nc(C)c(/C=C/C(=O)NC(C)c3cccnc3)c2C)cc1. The Morgan fingerprint density at radius 1 is 1.18 bits per heavy atom. The van der Waals surface area contributed by atoms with Crippen LogP contribution in [0.4, 0.5) is 0 Å². The molecule has 144 valence electrons. The third-order valence-corrected chi connectivity index (χ3v) is 4.83. The zero-order valence-electron chi connectivity index (χ0n) is 16.8. The van der Waals surface area contributed by atoms with E-state index in [1.54, 1.807) is 18.5 Å². The minimum absolute atomic E-state index is 0.0997. The van der Waals surface area contributed by atoms with Crippen LogP contribution in [0.15, 0.2) is 54.9 Å². The van der Waals surface area contributed by atoms with Crippen LogP contribution in [0.3, 0.4) is 0 Å². The van der Waals surface area contributed by atoms with E-state index in [4.69, 9.17) is 0 Å². The van der Waals surface area contributed by atoms with Crippen molar-refractivity contribution in [2.75, 3.05) is 0 Å². The van der Waals surface area contributed by atoms with Gasteiger partial charge in [-0.1, -0.05) is 35.9 Å². The van der Waals surface area contributed by atoms with E-state index in [1.807, 2.05) is 43.7 Å². The van der Waals surface area contributed by atoms with Crippen molar-refractivity contribution >= 4 is 12.0 Å². The molecule has 5 heteroatoms. The molecule has 0 aliphatic rings. The number of nitrogens with one attached hydrogen (secondary N) is 1. The van der Waals surface area contributed by atoms with Crippen molar-refractivity contribution in [2.45, 2.75) is 40.3 Å². The molecule has 0 bridgehead atoms. The van der Waals surface area contributed by atoms with Crippen molar-refractivity contribution in [3.05, 3.63) is 88.5 Å². The first kappa shape index (κ1) is 19.5. The maximum atomic E-state index is 12.3. The number of aryl methyl sites for hydroxylation is 2. The van der Waals surface area contributed by atoms with Crippen LogP contribution in [0.5, 0.6) is 0 Å². The number of carbonyl (C=O) groups is 1. The highest BCUT2D eigenvalue weighted by molar-refractivity contribution is 5.92. The summed E-state index contributed by atoms with van der Waals surface area (Å²) in [5, 5.41) is 7.60. The molecule has 0 saturated heterocycles. The summed E-state index contributed by atoms with van der Waals surface area (Å²) in [6.07, 6.45) is 6.89. The Balaban J connectivity index is 1.69. The number of rotatable bonds is 6. The lowest BCUT2D eigenvalue weighted by molar-refractivity contribution is -0.117. The summed E-state index contributed by atoms with van der Waals surface area (Å²) in [6.45, 7) is 8.73. The summed E-state index contributed by atoms with van der Waals surface area (Å²) in [5.74, 6) is -0.138.